The van der Waals surface area contributed by atoms with Gasteiger partial charge in [0.05, 0.1) is 0 Å². The number of hydrogen-bond acceptors (Lipinski definition) is 5. The standard InChI is InChI=1S/C16H17F3N4O3/c17-16(18,19)26-13-3-1-12(2-4-13)23-7-5-11(10-23)9-20-15(24)21-14-6-8-25-22-14/h1-4,6,8,11H,5,7,9-10H2,(H2,20,21,22,24)/t11-/m0/s1. The van der Waals surface area contributed by atoms with E-state index in [1.807, 2.05) is 0 Å². The number of nitrogens with one attached hydrogen (secondary N) is 2. The second-order valence-electron chi connectivity index (χ2n) is 5.86. The summed E-state index contributed by atoms with van der Waals surface area (Å²) in [5, 5.41) is 8.89. The van der Waals surface area contributed by atoms with E-state index >= 15 is 0 Å². The number of halogens is 3. The number of urea groups is 1. The molecule has 1 atom stereocenters. The van der Waals surface area contributed by atoms with Gasteiger partial charge in [-0.05, 0) is 36.6 Å². The van der Waals surface area contributed by atoms with Crippen molar-refractivity contribution in [3.8, 4) is 5.75 Å². The van der Waals surface area contributed by atoms with E-state index in [0.29, 0.717) is 18.9 Å². The molecule has 0 aliphatic carbocycles. The minimum absolute atomic E-state index is 0.240. The number of aromatic nitrogens is 1. The molecule has 2 amide bonds. The van der Waals surface area contributed by atoms with E-state index in [4.69, 9.17) is 0 Å². The molecule has 2 N–H and O–H groups in total. The topological polar surface area (TPSA) is 79.6 Å². The maximum Gasteiger partial charge on any atom is 0.573 e. The summed E-state index contributed by atoms with van der Waals surface area (Å²) in [5.74, 6) is 0.323. The molecular formula is C16H17F3N4O3. The number of carbonyl (C=O) groups excluding carboxylic acids is 1. The van der Waals surface area contributed by atoms with Crippen LogP contribution in [0.15, 0.2) is 41.1 Å². The number of nitrogens with zero attached hydrogens (tertiary/aromatic N) is 2. The van der Waals surface area contributed by atoms with Crippen molar-refractivity contribution in [2.45, 2.75) is 12.8 Å². The van der Waals surface area contributed by atoms with E-state index in [2.05, 4.69) is 30.0 Å². The summed E-state index contributed by atoms with van der Waals surface area (Å²) in [7, 11) is 0. The summed E-state index contributed by atoms with van der Waals surface area (Å²) in [4.78, 5) is 13.8. The molecule has 3 rings (SSSR count). The summed E-state index contributed by atoms with van der Waals surface area (Å²) in [6.45, 7) is 1.94. The molecule has 2 heterocycles. The van der Waals surface area contributed by atoms with Crippen molar-refractivity contribution in [1.29, 1.82) is 0 Å². The van der Waals surface area contributed by atoms with Crippen LogP contribution in [-0.2, 0) is 0 Å². The van der Waals surface area contributed by atoms with Gasteiger partial charge in [-0.1, -0.05) is 5.16 Å². The minimum Gasteiger partial charge on any atom is -0.406 e. The first kappa shape index (κ1) is 17.9. The molecule has 7 nitrogen and oxygen atoms in total. The molecule has 1 fully saturated rings. The third-order valence-corrected chi connectivity index (χ3v) is 3.95. The van der Waals surface area contributed by atoms with E-state index in [9.17, 15) is 18.0 Å². The van der Waals surface area contributed by atoms with Crippen LogP contribution in [-0.4, -0.2) is 37.2 Å². The molecule has 0 unspecified atom stereocenters. The Hall–Kier alpha value is -2.91. The van der Waals surface area contributed by atoms with Gasteiger partial charge in [-0.3, -0.25) is 5.32 Å². The average Bonchev–Trinajstić information content (AvgIpc) is 3.24. The van der Waals surface area contributed by atoms with E-state index in [0.717, 1.165) is 18.7 Å². The third kappa shape index (κ3) is 5.04. The highest BCUT2D eigenvalue weighted by atomic mass is 19.4. The maximum absolute atomic E-state index is 12.2. The van der Waals surface area contributed by atoms with Crippen LogP contribution >= 0.6 is 0 Å². The Morgan fingerprint density at radius 1 is 1.31 bits per heavy atom. The molecule has 1 aromatic heterocycles. The number of amides is 2. The molecule has 0 bridgehead atoms. The summed E-state index contributed by atoms with van der Waals surface area (Å²) in [6, 6.07) is 6.93. The van der Waals surface area contributed by atoms with Crippen LogP contribution in [0.3, 0.4) is 0 Å². The molecule has 0 radical (unpaired) electrons. The summed E-state index contributed by atoms with van der Waals surface area (Å²) in [5.41, 5.74) is 0.814. The predicted octanol–water partition coefficient (Wildman–Crippen LogP) is 3.22. The Balaban J connectivity index is 1.45. The molecule has 10 heteroatoms. The number of ether oxygens (including phenoxy) is 1. The van der Waals surface area contributed by atoms with Gasteiger partial charge >= 0.3 is 12.4 Å². The first-order valence-electron chi connectivity index (χ1n) is 7.95. The summed E-state index contributed by atoms with van der Waals surface area (Å²) in [6.07, 6.45) is -2.47. The molecule has 140 valence electrons. The Labute approximate surface area is 147 Å². The predicted molar refractivity (Wildman–Crippen MR) is 87.0 cm³/mol. The van der Waals surface area contributed by atoms with Crippen LogP contribution in [0.1, 0.15) is 6.42 Å². The maximum atomic E-state index is 12.2. The van der Waals surface area contributed by atoms with Gasteiger partial charge in [0.1, 0.15) is 12.0 Å². The lowest BCUT2D eigenvalue weighted by molar-refractivity contribution is -0.274. The fourth-order valence-electron chi connectivity index (χ4n) is 2.77. The number of alkyl halides is 3. The zero-order valence-electron chi connectivity index (χ0n) is 13.6. The van der Waals surface area contributed by atoms with Crippen molar-refractivity contribution in [3.63, 3.8) is 0 Å². The monoisotopic (exact) mass is 370 g/mol. The Bertz CT molecular complexity index is 719. The molecule has 0 saturated carbocycles. The van der Waals surface area contributed by atoms with Crippen LogP contribution in [0.25, 0.3) is 0 Å². The van der Waals surface area contributed by atoms with Crippen LogP contribution in [0, 0.1) is 5.92 Å². The summed E-state index contributed by atoms with van der Waals surface area (Å²) < 4.78 is 45.0. The van der Waals surface area contributed by atoms with Crippen LogP contribution in [0.5, 0.6) is 5.75 Å². The van der Waals surface area contributed by atoms with Crippen molar-refractivity contribution < 1.29 is 27.2 Å². The Morgan fingerprint density at radius 3 is 2.73 bits per heavy atom. The molecule has 1 saturated heterocycles. The number of hydrogen-bond donors (Lipinski definition) is 2. The average molecular weight is 370 g/mol. The highest BCUT2D eigenvalue weighted by Crippen LogP contribution is 2.28. The molecule has 1 aliphatic heterocycles. The number of anilines is 2. The third-order valence-electron chi connectivity index (χ3n) is 3.95. The minimum atomic E-state index is -4.70. The van der Waals surface area contributed by atoms with Crippen LogP contribution < -0.4 is 20.3 Å². The van der Waals surface area contributed by atoms with Crippen LogP contribution in [0.4, 0.5) is 29.5 Å². The second-order valence-corrected chi connectivity index (χ2v) is 5.86. The quantitative estimate of drug-likeness (QED) is 0.845. The van der Waals surface area contributed by atoms with Gasteiger partial charge < -0.3 is 19.5 Å². The van der Waals surface area contributed by atoms with Gasteiger partial charge in [0, 0.05) is 31.4 Å². The highest BCUT2D eigenvalue weighted by molar-refractivity contribution is 5.87. The van der Waals surface area contributed by atoms with Gasteiger partial charge in [-0.2, -0.15) is 0 Å². The molecule has 1 aliphatic rings. The number of carbonyl (C=O) groups is 1. The zero-order valence-corrected chi connectivity index (χ0v) is 13.6. The van der Waals surface area contributed by atoms with Gasteiger partial charge in [0.2, 0.25) is 0 Å². The van der Waals surface area contributed by atoms with E-state index in [1.54, 1.807) is 12.1 Å². The van der Waals surface area contributed by atoms with Crippen molar-refractivity contribution in [1.82, 2.24) is 10.5 Å². The molecule has 1 aromatic carbocycles. The van der Waals surface area contributed by atoms with Gasteiger partial charge in [0.15, 0.2) is 5.82 Å². The zero-order chi connectivity index (χ0) is 18.6. The summed E-state index contributed by atoms with van der Waals surface area (Å²) >= 11 is 0. The van der Waals surface area contributed by atoms with E-state index in [1.165, 1.54) is 24.5 Å². The lowest BCUT2D eigenvalue weighted by Gasteiger charge is -2.19. The van der Waals surface area contributed by atoms with Gasteiger partial charge in [-0.15, -0.1) is 13.2 Å². The number of rotatable bonds is 5. The second kappa shape index (κ2) is 7.54. The lowest BCUT2D eigenvalue weighted by Crippen LogP contribution is -2.34. The molecule has 0 spiro atoms. The molecule has 2 aromatic rings. The van der Waals surface area contributed by atoms with E-state index in [-0.39, 0.29) is 17.7 Å². The largest absolute Gasteiger partial charge is 0.573 e. The smallest absolute Gasteiger partial charge is 0.406 e. The van der Waals surface area contributed by atoms with Gasteiger partial charge in [0.25, 0.3) is 0 Å². The first-order valence-corrected chi connectivity index (χ1v) is 7.95. The van der Waals surface area contributed by atoms with Gasteiger partial charge in [-0.25, -0.2) is 4.79 Å². The Kier molecular flexibility index (Phi) is 5.19. The molecule has 26 heavy (non-hydrogen) atoms. The lowest BCUT2D eigenvalue weighted by atomic mass is 10.1. The van der Waals surface area contributed by atoms with Crippen molar-refractivity contribution in [2.24, 2.45) is 5.92 Å². The van der Waals surface area contributed by atoms with Crippen molar-refractivity contribution in [3.05, 3.63) is 36.6 Å². The van der Waals surface area contributed by atoms with Crippen LogP contribution in [0.2, 0.25) is 0 Å². The fraction of sp³-hybridized carbons (Fsp3) is 0.375. The SMILES string of the molecule is O=C(NC[C@@H]1CCN(c2ccc(OC(F)(F)F)cc2)C1)Nc1ccon1. The van der Waals surface area contributed by atoms with Crippen molar-refractivity contribution >= 4 is 17.5 Å². The Morgan fingerprint density at radius 2 is 2.08 bits per heavy atom. The van der Waals surface area contributed by atoms with E-state index < -0.39 is 6.36 Å². The number of benzene rings is 1. The molecular weight excluding hydrogens is 353 g/mol. The normalized spacial score (nSPS) is 17.2. The first-order chi connectivity index (χ1) is 12.4. The van der Waals surface area contributed by atoms with Crippen molar-refractivity contribution in [2.75, 3.05) is 29.9 Å². The highest BCUT2D eigenvalue weighted by Gasteiger charge is 2.31. The fourth-order valence-corrected chi connectivity index (χ4v) is 2.77.